The molecular formula is C7H6BrFO. The van der Waals surface area contributed by atoms with Gasteiger partial charge in [0.25, 0.3) is 0 Å². The van der Waals surface area contributed by atoms with E-state index < -0.39 is 12.9 Å². The predicted molar refractivity (Wildman–Crippen MR) is 40.7 cm³/mol. The van der Waals surface area contributed by atoms with E-state index in [2.05, 4.69) is 20.7 Å². The Hall–Kier alpha value is -0.570. The maximum atomic E-state index is 13.0. The molecule has 1 nitrogen and oxygen atoms in total. The van der Waals surface area contributed by atoms with Crippen LogP contribution in [0.1, 0.15) is 4.11 Å². The third-order valence-electron chi connectivity index (χ3n) is 1.00. The van der Waals surface area contributed by atoms with Gasteiger partial charge in [-0.15, -0.1) is 0 Å². The Bertz CT molecular complexity index is 313. The van der Waals surface area contributed by atoms with E-state index >= 15 is 0 Å². The van der Waals surface area contributed by atoms with Crippen molar-refractivity contribution >= 4 is 15.9 Å². The highest BCUT2D eigenvalue weighted by molar-refractivity contribution is 9.10. The molecule has 0 aliphatic carbocycles. The molecule has 0 unspecified atom stereocenters. The maximum absolute atomic E-state index is 13.0. The van der Waals surface area contributed by atoms with Gasteiger partial charge in [0.1, 0.15) is 0 Å². The van der Waals surface area contributed by atoms with Gasteiger partial charge in [-0.2, -0.15) is 0 Å². The lowest BCUT2D eigenvalue weighted by Crippen LogP contribution is -1.86. The van der Waals surface area contributed by atoms with Crippen molar-refractivity contribution in [2.75, 3.05) is 7.04 Å². The summed E-state index contributed by atoms with van der Waals surface area (Å²) in [5.74, 6) is -0.978. The van der Waals surface area contributed by atoms with Gasteiger partial charge in [-0.05, 0) is 18.2 Å². The molecule has 1 aromatic carbocycles. The smallest absolute Gasteiger partial charge is 0.166 e. The van der Waals surface area contributed by atoms with Crippen LogP contribution in [-0.4, -0.2) is 7.04 Å². The molecule has 3 heteroatoms. The minimum absolute atomic E-state index is 0.275. The zero-order valence-electron chi connectivity index (χ0n) is 7.90. The van der Waals surface area contributed by atoms with Crippen LogP contribution in [0.15, 0.2) is 22.7 Å². The van der Waals surface area contributed by atoms with Crippen molar-refractivity contribution in [3.05, 3.63) is 28.5 Å². The van der Waals surface area contributed by atoms with Crippen molar-refractivity contribution in [2.24, 2.45) is 0 Å². The van der Waals surface area contributed by atoms with Gasteiger partial charge in [-0.3, -0.25) is 0 Å². The molecule has 0 aromatic heterocycles. The number of rotatable bonds is 1. The molecule has 0 saturated carbocycles. The molecule has 0 saturated heterocycles. The summed E-state index contributed by atoms with van der Waals surface area (Å²) in [6, 6.07) is 3.90. The van der Waals surface area contributed by atoms with Crippen LogP contribution < -0.4 is 4.74 Å². The second-order valence-electron chi connectivity index (χ2n) is 1.68. The first-order valence-corrected chi connectivity index (χ1v) is 3.32. The quantitative estimate of drug-likeness (QED) is 0.689. The summed E-state index contributed by atoms with van der Waals surface area (Å²) < 4.78 is 38.2. The summed E-state index contributed by atoms with van der Waals surface area (Å²) >= 11 is 3.04. The summed E-state index contributed by atoms with van der Waals surface area (Å²) in [7, 11) is -2.62. The largest absolute Gasteiger partial charge is 0.494 e. The van der Waals surface area contributed by atoms with Crippen molar-refractivity contribution in [3.8, 4) is 5.75 Å². The third-order valence-corrected chi connectivity index (χ3v) is 1.50. The van der Waals surface area contributed by atoms with E-state index in [0.717, 1.165) is 6.07 Å². The summed E-state index contributed by atoms with van der Waals surface area (Å²) in [5.41, 5.74) is 0. The molecular weight excluding hydrogens is 199 g/mol. The number of hydrogen-bond donors (Lipinski definition) is 0. The fourth-order valence-electron chi connectivity index (χ4n) is 0.558. The van der Waals surface area contributed by atoms with E-state index in [9.17, 15) is 4.39 Å². The molecule has 1 aromatic rings. The third kappa shape index (κ3) is 1.48. The molecule has 0 heterocycles. The average molecular weight is 208 g/mol. The lowest BCUT2D eigenvalue weighted by Gasteiger charge is -1.99. The summed E-state index contributed by atoms with van der Waals surface area (Å²) in [6.45, 7) is 0. The topological polar surface area (TPSA) is 9.23 Å². The zero-order valence-corrected chi connectivity index (χ0v) is 6.48. The number of halogens is 2. The minimum Gasteiger partial charge on any atom is -0.494 e. The molecule has 0 radical (unpaired) electrons. The highest BCUT2D eigenvalue weighted by Gasteiger charge is 1.99. The zero-order chi connectivity index (χ0) is 10.1. The Morgan fingerprint density at radius 3 is 3.10 bits per heavy atom. The predicted octanol–water partition coefficient (Wildman–Crippen LogP) is 2.60. The second-order valence-corrected chi connectivity index (χ2v) is 2.59. The molecule has 0 spiro atoms. The van der Waals surface area contributed by atoms with E-state index in [1.807, 2.05) is 0 Å². The van der Waals surface area contributed by atoms with Crippen LogP contribution in [0.3, 0.4) is 0 Å². The normalized spacial score (nSPS) is 15.2. The van der Waals surface area contributed by atoms with E-state index in [4.69, 9.17) is 4.11 Å². The number of methoxy groups -OCH3 is 1. The number of ether oxygens (including phenoxy) is 1. The summed E-state index contributed by atoms with van der Waals surface area (Å²) in [4.78, 5) is 0. The van der Waals surface area contributed by atoms with Gasteiger partial charge in [0, 0.05) is 4.47 Å². The van der Waals surface area contributed by atoms with Crippen LogP contribution in [0.5, 0.6) is 5.75 Å². The van der Waals surface area contributed by atoms with Crippen LogP contribution in [0, 0.1) is 5.82 Å². The van der Waals surface area contributed by atoms with Gasteiger partial charge >= 0.3 is 0 Å². The van der Waals surface area contributed by atoms with Gasteiger partial charge < -0.3 is 4.74 Å². The molecule has 0 bridgehead atoms. The van der Waals surface area contributed by atoms with E-state index in [-0.39, 0.29) is 5.75 Å². The molecule has 0 N–H and O–H groups in total. The maximum Gasteiger partial charge on any atom is 0.166 e. The van der Waals surface area contributed by atoms with Crippen molar-refractivity contribution in [1.29, 1.82) is 0 Å². The Morgan fingerprint density at radius 2 is 2.50 bits per heavy atom. The molecule has 0 amide bonds. The summed E-state index contributed by atoms with van der Waals surface area (Å²) in [5, 5.41) is 0. The van der Waals surface area contributed by atoms with Gasteiger partial charge in [-0.1, -0.05) is 15.9 Å². The first-order chi connectivity index (χ1) is 5.88. The minimum atomic E-state index is -2.62. The van der Waals surface area contributed by atoms with Crippen LogP contribution in [-0.2, 0) is 0 Å². The monoisotopic (exact) mass is 207 g/mol. The fraction of sp³-hybridized carbons (Fsp3) is 0.143. The molecule has 54 valence electrons. The van der Waals surface area contributed by atoms with Gasteiger partial charge in [0.05, 0.1) is 11.2 Å². The lowest BCUT2D eigenvalue weighted by atomic mass is 10.3. The van der Waals surface area contributed by atoms with Crippen LogP contribution >= 0.6 is 15.9 Å². The molecule has 0 atom stereocenters. The Morgan fingerprint density at radius 1 is 1.70 bits per heavy atom. The van der Waals surface area contributed by atoms with Gasteiger partial charge in [-0.25, -0.2) is 4.39 Å². The van der Waals surface area contributed by atoms with Crippen molar-refractivity contribution in [1.82, 2.24) is 0 Å². The lowest BCUT2D eigenvalue weighted by molar-refractivity contribution is 0.386. The molecule has 1 rings (SSSR count). The molecule has 0 fully saturated rings. The van der Waals surface area contributed by atoms with Gasteiger partial charge in [0.15, 0.2) is 11.6 Å². The number of hydrogen-bond acceptors (Lipinski definition) is 1. The second kappa shape index (κ2) is 3.01. The van der Waals surface area contributed by atoms with Crippen molar-refractivity contribution in [2.45, 2.75) is 0 Å². The van der Waals surface area contributed by atoms with Crippen LogP contribution in [0.25, 0.3) is 0 Å². The van der Waals surface area contributed by atoms with Crippen LogP contribution in [0.4, 0.5) is 4.39 Å². The molecule has 10 heavy (non-hydrogen) atoms. The van der Waals surface area contributed by atoms with E-state index in [1.54, 1.807) is 0 Å². The van der Waals surface area contributed by atoms with Gasteiger partial charge in [0.2, 0.25) is 0 Å². The summed E-state index contributed by atoms with van der Waals surface area (Å²) in [6.07, 6.45) is 0. The first-order valence-electron chi connectivity index (χ1n) is 4.02. The fourth-order valence-corrected chi connectivity index (χ4v) is 0.891. The molecule has 0 aliphatic heterocycles. The first kappa shape index (κ1) is 4.34. The SMILES string of the molecule is [2H]C([2H])([2H])Oc1ccc(Br)cc1F. The van der Waals surface area contributed by atoms with Crippen molar-refractivity contribution in [3.63, 3.8) is 0 Å². The Balaban J connectivity index is 2.90. The highest BCUT2D eigenvalue weighted by Crippen LogP contribution is 2.20. The van der Waals surface area contributed by atoms with E-state index in [0.29, 0.717) is 4.47 Å². The number of benzene rings is 1. The standard InChI is InChI=1S/C7H6BrFO/c1-10-7-3-2-5(8)4-6(7)9/h2-4H,1H3/i1D3. The highest BCUT2D eigenvalue weighted by atomic mass is 79.9. The average Bonchev–Trinajstić information content (AvgIpc) is 1.93. The molecule has 0 aliphatic rings. The van der Waals surface area contributed by atoms with Crippen LogP contribution in [0.2, 0.25) is 0 Å². The Kier molecular flexibility index (Phi) is 1.31. The van der Waals surface area contributed by atoms with E-state index in [1.165, 1.54) is 12.1 Å². The Labute approximate surface area is 71.2 Å². The van der Waals surface area contributed by atoms with Crippen molar-refractivity contribution < 1.29 is 13.2 Å².